The highest BCUT2D eigenvalue weighted by atomic mass is 16.7. The van der Waals surface area contributed by atoms with Crippen molar-refractivity contribution >= 4 is 40.3 Å². The van der Waals surface area contributed by atoms with Crippen LogP contribution in [0.4, 0.5) is 5.69 Å². The van der Waals surface area contributed by atoms with Gasteiger partial charge in [0, 0.05) is 81.3 Å². The molecule has 3 aliphatic heterocycles. The van der Waals surface area contributed by atoms with Gasteiger partial charge in [-0.05, 0) is 34.0 Å². The van der Waals surface area contributed by atoms with Gasteiger partial charge >= 0.3 is 11.8 Å². The number of aliphatic hydroxyl groups excluding tert-OH is 2. The molecule has 0 aliphatic carbocycles. The van der Waals surface area contributed by atoms with Gasteiger partial charge in [-0.1, -0.05) is 45.9 Å². The summed E-state index contributed by atoms with van der Waals surface area (Å²) in [4.78, 5) is 42.4. The quantitative estimate of drug-likeness (QED) is 0.0741. The first-order chi connectivity index (χ1) is 27.6. The summed E-state index contributed by atoms with van der Waals surface area (Å²) >= 11 is 0. The van der Waals surface area contributed by atoms with E-state index < -0.39 is 88.8 Å². The van der Waals surface area contributed by atoms with Gasteiger partial charge in [-0.2, -0.15) is 5.10 Å². The number of hydrazone groups is 1. The summed E-state index contributed by atoms with van der Waals surface area (Å²) in [7, 11) is 6.93. The average molecular weight is 825 g/mol. The SMILES string of the molecule is CO[C@H]1/C=C/O[C@@]2(C)Oc3c(C)c(O)c4c(O)c(c(C=NN(C)CCN(C)C)c(O)c4c3C2=O)NC(=O)/C(C)=C\C=C\[C@H](C)[C@H](O)[C@@H](C)[C@@H](O)[C@H](C)[C@H](OC(C)=O)[C@H]1C. The van der Waals surface area contributed by atoms with Gasteiger partial charge in [0.25, 0.3) is 11.7 Å². The maximum atomic E-state index is 14.4. The van der Waals surface area contributed by atoms with Gasteiger partial charge in [0.05, 0.1) is 53.0 Å². The van der Waals surface area contributed by atoms with Crippen molar-refractivity contribution in [3.63, 3.8) is 0 Å². The fraction of sp³-hybridized carbons (Fsp3) is 0.535. The molecule has 3 heterocycles. The van der Waals surface area contributed by atoms with Crippen molar-refractivity contribution in [1.82, 2.24) is 9.91 Å². The number of hydrogen-bond donors (Lipinski definition) is 6. The Morgan fingerprint density at radius 2 is 1.61 bits per heavy atom. The van der Waals surface area contributed by atoms with Gasteiger partial charge in [-0.3, -0.25) is 19.4 Å². The number of allylic oxidation sites excluding steroid dienone is 2. The summed E-state index contributed by atoms with van der Waals surface area (Å²) in [6.07, 6.45) is 4.76. The average Bonchev–Trinajstić information content (AvgIpc) is 3.45. The fourth-order valence-electron chi connectivity index (χ4n) is 7.43. The zero-order chi connectivity index (χ0) is 44.3. The van der Waals surface area contributed by atoms with Crippen LogP contribution in [0.25, 0.3) is 10.8 Å². The number of aromatic hydroxyl groups is 3. The molecular weight excluding hydrogens is 764 g/mol. The molecule has 6 N–H and O–H groups in total. The maximum absolute atomic E-state index is 14.4. The third-order valence-electron chi connectivity index (χ3n) is 11.3. The number of carbonyl (C=O) groups is 3. The lowest BCUT2D eigenvalue weighted by molar-refractivity contribution is -0.160. The minimum absolute atomic E-state index is 0.0476. The Morgan fingerprint density at radius 1 is 0.949 bits per heavy atom. The van der Waals surface area contributed by atoms with Crippen molar-refractivity contribution in [2.75, 3.05) is 46.7 Å². The highest BCUT2D eigenvalue weighted by molar-refractivity contribution is 6.23. The van der Waals surface area contributed by atoms with Crippen molar-refractivity contribution in [3.05, 3.63) is 52.8 Å². The van der Waals surface area contributed by atoms with E-state index in [4.69, 9.17) is 18.9 Å². The van der Waals surface area contributed by atoms with Crippen LogP contribution in [0, 0.1) is 30.6 Å². The van der Waals surface area contributed by atoms with E-state index in [0.29, 0.717) is 13.1 Å². The molecule has 1 amide bonds. The molecule has 2 aromatic carbocycles. The number of anilines is 1. The molecule has 0 radical (unpaired) electrons. The number of ether oxygens (including phenoxy) is 4. The number of rotatable bonds is 7. The zero-order valence-electron chi connectivity index (χ0n) is 35.9. The Kier molecular flexibility index (Phi) is 14.8. The topological polar surface area (TPSA) is 220 Å². The first kappa shape index (κ1) is 46.5. The van der Waals surface area contributed by atoms with Gasteiger partial charge in [0.1, 0.15) is 23.4 Å². The summed E-state index contributed by atoms with van der Waals surface area (Å²) in [5.41, 5.74) is -0.432. The number of hydrogen-bond acceptors (Lipinski definition) is 15. The number of nitrogens with zero attached hydrogens (tertiary/aromatic N) is 3. The Labute approximate surface area is 345 Å². The van der Waals surface area contributed by atoms with Crippen LogP contribution in [0.2, 0.25) is 0 Å². The van der Waals surface area contributed by atoms with E-state index in [1.165, 1.54) is 59.4 Å². The van der Waals surface area contributed by atoms with Crippen LogP contribution in [0.15, 0.2) is 41.2 Å². The smallest absolute Gasteiger partial charge is 0.312 e. The number of esters is 1. The van der Waals surface area contributed by atoms with Crippen molar-refractivity contribution in [3.8, 4) is 23.0 Å². The molecular formula is C43H60N4O12. The molecule has 0 spiro atoms. The van der Waals surface area contributed by atoms with Crippen molar-refractivity contribution in [2.24, 2.45) is 28.8 Å². The predicted octanol–water partition coefficient (Wildman–Crippen LogP) is 4.58. The zero-order valence-corrected chi connectivity index (χ0v) is 35.9. The second-order valence-corrected chi connectivity index (χ2v) is 16.0. The Morgan fingerprint density at radius 3 is 2.22 bits per heavy atom. The molecule has 3 aliphatic rings. The minimum atomic E-state index is -2.05. The largest absolute Gasteiger partial charge is 0.507 e. The molecule has 0 aromatic heterocycles. The fourth-order valence-corrected chi connectivity index (χ4v) is 7.43. The van der Waals surface area contributed by atoms with E-state index >= 15 is 0 Å². The van der Waals surface area contributed by atoms with Crippen LogP contribution in [-0.2, 0) is 23.8 Å². The molecule has 0 fully saturated rings. The van der Waals surface area contributed by atoms with Crippen LogP contribution in [0.5, 0.6) is 23.0 Å². The second-order valence-electron chi connectivity index (χ2n) is 16.0. The maximum Gasteiger partial charge on any atom is 0.312 e. The van der Waals surface area contributed by atoms with Crippen LogP contribution < -0.4 is 10.1 Å². The lowest BCUT2D eigenvalue weighted by Gasteiger charge is -2.38. The van der Waals surface area contributed by atoms with Gasteiger partial charge in [-0.25, -0.2) is 0 Å². The molecule has 59 heavy (non-hydrogen) atoms. The van der Waals surface area contributed by atoms with Gasteiger partial charge in [0.15, 0.2) is 5.75 Å². The summed E-state index contributed by atoms with van der Waals surface area (Å²) in [6.45, 7) is 13.6. The highest BCUT2D eigenvalue weighted by Crippen LogP contribution is 2.55. The third kappa shape index (κ3) is 9.67. The van der Waals surface area contributed by atoms with Crippen molar-refractivity contribution < 1.29 is 58.9 Å². The van der Waals surface area contributed by atoms with E-state index in [-0.39, 0.29) is 44.5 Å². The molecule has 5 rings (SSSR count). The summed E-state index contributed by atoms with van der Waals surface area (Å²) < 4.78 is 23.6. The minimum Gasteiger partial charge on any atom is -0.507 e. The number of methoxy groups -OCH3 is 1. The van der Waals surface area contributed by atoms with E-state index in [2.05, 4.69) is 10.4 Å². The molecule has 324 valence electrons. The highest BCUT2D eigenvalue weighted by Gasteiger charge is 2.50. The Bertz CT molecular complexity index is 2040. The first-order valence-electron chi connectivity index (χ1n) is 19.6. The molecule has 0 saturated heterocycles. The number of carbonyl (C=O) groups excluding carboxylic acids is 3. The predicted molar refractivity (Wildman–Crippen MR) is 223 cm³/mol. The molecule has 9 atom stereocenters. The van der Waals surface area contributed by atoms with E-state index in [1.54, 1.807) is 51.9 Å². The number of benzene rings is 2. The number of likely N-dealkylation sites (N-methyl/N-ethyl adjacent to an activating group) is 2. The lowest BCUT2D eigenvalue weighted by Crippen LogP contribution is -2.46. The monoisotopic (exact) mass is 824 g/mol. The van der Waals surface area contributed by atoms with Gasteiger partial charge in [0.2, 0.25) is 0 Å². The van der Waals surface area contributed by atoms with Crippen molar-refractivity contribution in [1.29, 1.82) is 0 Å². The van der Waals surface area contributed by atoms with Crippen LogP contribution >= 0.6 is 0 Å². The van der Waals surface area contributed by atoms with Gasteiger partial charge in [-0.15, -0.1) is 0 Å². The number of nitrogens with one attached hydrogen (secondary N) is 1. The van der Waals surface area contributed by atoms with E-state index in [9.17, 15) is 39.9 Å². The Hall–Kier alpha value is -5.16. The second kappa shape index (κ2) is 18.8. The number of aliphatic hydroxyl groups is 2. The molecule has 16 heteroatoms. The van der Waals surface area contributed by atoms with Crippen LogP contribution in [0.1, 0.15) is 70.0 Å². The van der Waals surface area contributed by atoms with Crippen LogP contribution in [0.3, 0.4) is 0 Å². The number of fused-ring (bicyclic) bond motifs is 14. The third-order valence-corrected chi connectivity index (χ3v) is 11.3. The number of phenols is 3. The molecule has 0 unspecified atom stereocenters. The van der Waals surface area contributed by atoms with E-state index in [1.807, 2.05) is 19.0 Å². The van der Waals surface area contributed by atoms with Crippen molar-refractivity contribution in [2.45, 2.75) is 85.6 Å². The summed E-state index contributed by atoms with van der Waals surface area (Å²) in [6, 6.07) is 0. The number of amides is 1. The molecule has 16 nitrogen and oxygen atoms in total. The summed E-state index contributed by atoms with van der Waals surface area (Å²) in [5.74, 6) is -8.45. The summed E-state index contributed by atoms with van der Waals surface area (Å²) in [5, 5.41) is 66.4. The van der Waals surface area contributed by atoms with Gasteiger partial charge < -0.3 is 54.7 Å². The number of Topliss-reactive ketones (excluding diaryl/α,β-unsaturated/α-hetero) is 1. The molecule has 0 saturated carbocycles. The molecule has 5 bridgehead atoms. The first-order valence-corrected chi connectivity index (χ1v) is 19.6. The Balaban J connectivity index is 1.97. The van der Waals surface area contributed by atoms with E-state index in [0.717, 1.165) is 0 Å². The van der Waals surface area contributed by atoms with Crippen LogP contribution in [-0.4, -0.2) is 131 Å². The number of phenolic OH excluding ortho intramolecular Hbond substituents is 3. The lowest BCUT2D eigenvalue weighted by atomic mass is 9.78. The molecule has 2 aromatic rings. The standard InChI is InChI=1S/C43H60N4O12/c1-21-14-13-15-22(2)42(55)45-33-28(20-44-47(11)18-17-46(9)10)37(52)30-31(38(33)53)36(51)26(6)40-32(30)41(54)43(8,59-40)57-19-16-29(56-12)23(3)39(58-27(7)48)25(5)35(50)24(4)34(21)49/h13-16,19-21,23-25,29,34-35,39,49-53H,17-18H2,1-12H3,(H,45,55)/b14-13+,19-16+,22-15-,44-20?/t21-,23-,24+,25-,29-,34-,35+,39+,43-/m0/s1. The normalized spacial score (nSPS) is 30.2. The number of ketones is 1.